The van der Waals surface area contributed by atoms with Crippen LogP contribution in [0.4, 0.5) is 0 Å². The van der Waals surface area contributed by atoms with Crippen LogP contribution in [0.25, 0.3) is 0 Å². The fourth-order valence-corrected chi connectivity index (χ4v) is 0.290. The quantitative estimate of drug-likeness (QED) is 0.484. The lowest BCUT2D eigenvalue weighted by Gasteiger charge is -1.67. The van der Waals surface area contributed by atoms with Crippen LogP contribution >= 0.6 is 0 Å². The Labute approximate surface area is 36.2 Å². The summed E-state index contributed by atoms with van der Waals surface area (Å²) in [6, 6.07) is 2.83. The molecule has 0 unspecified atom stereocenters. The van der Waals surface area contributed by atoms with Crippen molar-refractivity contribution >= 4 is 0 Å². The minimum atomic E-state index is 0.981. The van der Waals surface area contributed by atoms with Crippen LogP contribution in [0.1, 0.15) is 5.69 Å². The molecule has 0 aromatic carbocycles. The van der Waals surface area contributed by atoms with Gasteiger partial charge in [0.1, 0.15) is 0 Å². The second kappa shape index (κ2) is 1.12. The van der Waals surface area contributed by atoms with Gasteiger partial charge >= 0.3 is 0 Å². The highest BCUT2D eigenvalue weighted by molar-refractivity contribution is 4.89. The Morgan fingerprint density at radius 1 is 2.00 bits per heavy atom. The van der Waals surface area contributed by atoms with E-state index >= 15 is 0 Å². The Hall–Kier alpha value is -0.790. The van der Waals surface area contributed by atoms with Crippen LogP contribution in [0.2, 0.25) is 0 Å². The maximum atomic E-state index is 3.64. The molecular weight excluding hydrogens is 76.1 g/mol. The number of nitrogens with zero attached hydrogens (tertiary/aromatic N) is 1. The van der Waals surface area contributed by atoms with Gasteiger partial charge in [-0.05, 0) is 6.92 Å². The zero-order chi connectivity index (χ0) is 4.41. The smallest absolute Gasteiger partial charge is 0.0569 e. The third kappa shape index (κ3) is 0.407. The highest BCUT2D eigenvalue weighted by Gasteiger charge is 1.75. The predicted octanol–water partition coefficient (Wildman–Crippen LogP) is 0.518. The molecular formula is C4H5N2. The monoisotopic (exact) mass is 81.0 g/mol. The van der Waals surface area contributed by atoms with E-state index in [0.29, 0.717) is 0 Å². The topological polar surface area (TPSA) is 28.7 Å². The van der Waals surface area contributed by atoms with E-state index < -0.39 is 0 Å². The van der Waals surface area contributed by atoms with Gasteiger partial charge in [0, 0.05) is 11.8 Å². The molecule has 0 aliphatic rings. The maximum absolute atomic E-state index is 3.64. The molecule has 0 aliphatic carbocycles. The Balaban J connectivity index is 3.05. The Morgan fingerprint density at radius 3 is 3.00 bits per heavy atom. The molecule has 0 saturated heterocycles. The molecule has 2 heteroatoms. The molecule has 0 spiro atoms. The number of H-pyrrole nitrogens is 1. The first-order valence-corrected chi connectivity index (χ1v) is 1.77. The summed E-state index contributed by atoms with van der Waals surface area (Å²) in [7, 11) is 0. The van der Waals surface area contributed by atoms with Gasteiger partial charge in [0.05, 0.1) is 6.20 Å². The van der Waals surface area contributed by atoms with Crippen molar-refractivity contribution in [3.63, 3.8) is 0 Å². The molecule has 31 valence electrons. The van der Waals surface area contributed by atoms with Crippen molar-refractivity contribution < 1.29 is 0 Å². The van der Waals surface area contributed by atoms with Gasteiger partial charge in [-0.25, -0.2) is 0 Å². The van der Waals surface area contributed by atoms with Crippen LogP contribution in [0.15, 0.2) is 6.20 Å². The zero-order valence-corrected chi connectivity index (χ0v) is 3.52. The average Bonchev–Trinajstić information content (AvgIpc) is 1.86. The predicted molar refractivity (Wildman–Crippen MR) is 22.2 cm³/mol. The third-order valence-electron chi connectivity index (χ3n) is 0.578. The molecule has 1 aromatic rings. The molecule has 0 aliphatic heterocycles. The van der Waals surface area contributed by atoms with E-state index in [1.165, 1.54) is 0 Å². The van der Waals surface area contributed by atoms with Crippen molar-refractivity contribution in [2.45, 2.75) is 6.92 Å². The van der Waals surface area contributed by atoms with E-state index in [2.05, 4.69) is 16.3 Å². The zero-order valence-electron chi connectivity index (χ0n) is 3.52. The normalized spacial score (nSPS) is 8.83. The largest absolute Gasteiger partial charge is 0.282 e. The molecule has 1 rings (SSSR count). The fourth-order valence-electron chi connectivity index (χ4n) is 0.290. The molecule has 0 bridgehead atoms. The molecule has 0 amide bonds. The lowest BCUT2D eigenvalue weighted by atomic mass is 10.5. The van der Waals surface area contributed by atoms with E-state index in [-0.39, 0.29) is 0 Å². The van der Waals surface area contributed by atoms with E-state index in [4.69, 9.17) is 0 Å². The second-order valence-corrected chi connectivity index (χ2v) is 1.14. The van der Waals surface area contributed by atoms with Gasteiger partial charge in [-0.15, -0.1) is 0 Å². The minimum Gasteiger partial charge on any atom is -0.282 e. The Morgan fingerprint density at radius 2 is 2.83 bits per heavy atom. The van der Waals surface area contributed by atoms with Crippen LogP contribution in [-0.4, -0.2) is 10.2 Å². The number of aryl methyl sites for hydroxylation is 1. The van der Waals surface area contributed by atoms with Crippen molar-refractivity contribution in [3.8, 4) is 0 Å². The Kier molecular flexibility index (Phi) is 0.638. The summed E-state index contributed by atoms with van der Waals surface area (Å²) in [5.74, 6) is 0. The van der Waals surface area contributed by atoms with Gasteiger partial charge in [0.15, 0.2) is 0 Å². The standard InChI is InChI=1S/C4H5N2/c1-4-2-3-5-6-4/h3H,1H3,(H,5,6). The lowest BCUT2D eigenvalue weighted by molar-refractivity contribution is 1.05. The van der Waals surface area contributed by atoms with Crippen LogP contribution in [0.5, 0.6) is 0 Å². The van der Waals surface area contributed by atoms with Crippen molar-refractivity contribution in [1.82, 2.24) is 10.2 Å². The van der Waals surface area contributed by atoms with Crippen LogP contribution in [0, 0.1) is 13.0 Å². The first kappa shape index (κ1) is 3.40. The highest BCUT2D eigenvalue weighted by Crippen LogP contribution is 1.80. The molecule has 0 atom stereocenters. The molecule has 1 heterocycles. The van der Waals surface area contributed by atoms with Crippen molar-refractivity contribution in [1.29, 1.82) is 0 Å². The molecule has 0 fully saturated rings. The fraction of sp³-hybridized carbons (Fsp3) is 0.250. The number of hydrogen-bond acceptors (Lipinski definition) is 1. The molecule has 1 radical (unpaired) electrons. The summed E-state index contributed by atoms with van der Waals surface area (Å²) >= 11 is 0. The lowest BCUT2D eigenvalue weighted by Crippen LogP contribution is -1.65. The van der Waals surface area contributed by atoms with Crippen molar-refractivity contribution in [2.24, 2.45) is 0 Å². The van der Waals surface area contributed by atoms with Crippen LogP contribution in [0.3, 0.4) is 0 Å². The average molecular weight is 81.1 g/mol. The number of rotatable bonds is 0. The first-order chi connectivity index (χ1) is 2.89. The van der Waals surface area contributed by atoms with E-state index in [9.17, 15) is 0 Å². The van der Waals surface area contributed by atoms with Gasteiger partial charge < -0.3 is 0 Å². The Bertz CT molecular complexity index is 109. The molecule has 2 nitrogen and oxygen atoms in total. The summed E-state index contributed by atoms with van der Waals surface area (Å²) in [5.41, 5.74) is 0.981. The van der Waals surface area contributed by atoms with E-state index in [1.54, 1.807) is 6.20 Å². The maximum Gasteiger partial charge on any atom is 0.0569 e. The third-order valence-corrected chi connectivity index (χ3v) is 0.578. The van der Waals surface area contributed by atoms with Gasteiger partial charge in [-0.2, -0.15) is 5.10 Å². The number of aromatic nitrogens is 2. The van der Waals surface area contributed by atoms with Gasteiger partial charge in [-0.1, -0.05) is 0 Å². The van der Waals surface area contributed by atoms with Gasteiger partial charge in [0.25, 0.3) is 0 Å². The van der Waals surface area contributed by atoms with Crippen molar-refractivity contribution in [2.75, 3.05) is 0 Å². The van der Waals surface area contributed by atoms with Crippen LogP contribution < -0.4 is 0 Å². The van der Waals surface area contributed by atoms with Crippen LogP contribution in [-0.2, 0) is 0 Å². The van der Waals surface area contributed by atoms with Gasteiger partial charge in [-0.3, -0.25) is 5.10 Å². The number of aromatic amines is 1. The summed E-state index contributed by atoms with van der Waals surface area (Å²) in [5, 5.41) is 6.34. The molecule has 1 aromatic heterocycles. The summed E-state index contributed by atoms with van der Waals surface area (Å²) in [4.78, 5) is 0. The summed E-state index contributed by atoms with van der Waals surface area (Å²) in [6.07, 6.45) is 1.61. The number of hydrogen-bond donors (Lipinski definition) is 1. The summed E-state index contributed by atoms with van der Waals surface area (Å²) in [6.45, 7) is 1.91. The highest BCUT2D eigenvalue weighted by atomic mass is 15.1. The molecule has 6 heavy (non-hydrogen) atoms. The minimum absolute atomic E-state index is 0.981. The first-order valence-electron chi connectivity index (χ1n) is 1.77. The summed E-state index contributed by atoms with van der Waals surface area (Å²) < 4.78 is 0. The SMILES string of the molecule is Cc1[c]cn[nH]1. The van der Waals surface area contributed by atoms with E-state index in [0.717, 1.165) is 5.69 Å². The van der Waals surface area contributed by atoms with Crippen molar-refractivity contribution in [3.05, 3.63) is 18.0 Å². The number of nitrogens with one attached hydrogen (secondary N) is 1. The molecule has 0 saturated carbocycles. The second-order valence-electron chi connectivity index (χ2n) is 1.14. The van der Waals surface area contributed by atoms with Gasteiger partial charge in [0.2, 0.25) is 0 Å². The molecule has 1 N–H and O–H groups in total. The van der Waals surface area contributed by atoms with E-state index in [1.807, 2.05) is 6.92 Å².